The molecule has 1 aliphatic rings. The maximum Gasteiger partial charge on any atom is 0.223 e. The SMILES string of the molecule is CC(C)c1nc(N)nc(C2CC2(C)C)n1. The number of aromatic nitrogens is 3. The van der Waals surface area contributed by atoms with Crippen molar-refractivity contribution in [2.24, 2.45) is 5.41 Å². The molecular weight excluding hydrogens is 188 g/mol. The van der Waals surface area contributed by atoms with E-state index in [-0.39, 0.29) is 0 Å². The van der Waals surface area contributed by atoms with Gasteiger partial charge in [-0.05, 0) is 11.8 Å². The van der Waals surface area contributed by atoms with Crippen LogP contribution in [0, 0.1) is 5.41 Å². The van der Waals surface area contributed by atoms with Crippen molar-refractivity contribution in [2.45, 2.75) is 46.0 Å². The number of hydrogen-bond donors (Lipinski definition) is 1. The first kappa shape index (κ1) is 10.3. The van der Waals surface area contributed by atoms with Crippen molar-refractivity contribution in [3.63, 3.8) is 0 Å². The molecule has 0 amide bonds. The fourth-order valence-corrected chi connectivity index (χ4v) is 1.75. The van der Waals surface area contributed by atoms with Gasteiger partial charge in [0.1, 0.15) is 11.6 Å². The molecule has 1 aliphatic carbocycles. The van der Waals surface area contributed by atoms with E-state index >= 15 is 0 Å². The Bertz CT molecular complexity index is 384. The Labute approximate surface area is 90.3 Å². The number of hydrogen-bond acceptors (Lipinski definition) is 4. The molecule has 0 radical (unpaired) electrons. The van der Waals surface area contributed by atoms with Crippen molar-refractivity contribution >= 4 is 5.95 Å². The zero-order valence-corrected chi connectivity index (χ0v) is 9.78. The molecule has 1 heterocycles. The van der Waals surface area contributed by atoms with Crippen LogP contribution in [0.5, 0.6) is 0 Å². The first-order chi connectivity index (χ1) is 6.90. The van der Waals surface area contributed by atoms with E-state index in [4.69, 9.17) is 5.73 Å². The first-order valence-corrected chi connectivity index (χ1v) is 5.41. The summed E-state index contributed by atoms with van der Waals surface area (Å²) in [5.41, 5.74) is 6.02. The van der Waals surface area contributed by atoms with Crippen molar-refractivity contribution < 1.29 is 0 Å². The van der Waals surface area contributed by atoms with Gasteiger partial charge in [0, 0.05) is 11.8 Å². The molecule has 0 aliphatic heterocycles. The van der Waals surface area contributed by atoms with Crippen molar-refractivity contribution in [3.8, 4) is 0 Å². The summed E-state index contributed by atoms with van der Waals surface area (Å²) in [5.74, 6) is 2.79. The topological polar surface area (TPSA) is 64.7 Å². The van der Waals surface area contributed by atoms with Gasteiger partial charge in [-0.25, -0.2) is 4.98 Å². The van der Waals surface area contributed by atoms with Gasteiger partial charge < -0.3 is 5.73 Å². The minimum absolute atomic E-state index is 0.302. The third-order valence-electron chi connectivity index (χ3n) is 3.03. The van der Waals surface area contributed by atoms with Gasteiger partial charge in [0.05, 0.1) is 0 Å². The highest BCUT2D eigenvalue weighted by Gasteiger charge is 2.48. The minimum Gasteiger partial charge on any atom is -0.368 e. The largest absolute Gasteiger partial charge is 0.368 e. The van der Waals surface area contributed by atoms with E-state index in [0.29, 0.717) is 23.2 Å². The molecule has 2 N–H and O–H groups in total. The molecule has 0 aromatic carbocycles. The molecule has 4 nitrogen and oxygen atoms in total. The van der Waals surface area contributed by atoms with Crippen LogP contribution in [0.15, 0.2) is 0 Å². The summed E-state index contributed by atoms with van der Waals surface area (Å²) in [4.78, 5) is 12.9. The van der Waals surface area contributed by atoms with Gasteiger partial charge in [-0.1, -0.05) is 27.7 Å². The smallest absolute Gasteiger partial charge is 0.223 e. The second kappa shape index (κ2) is 3.15. The van der Waals surface area contributed by atoms with Crippen LogP contribution >= 0.6 is 0 Å². The molecule has 4 heteroatoms. The predicted molar refractivity (Wildman–Crippen MR) is 59.5 cm³/mol. The number of nitrogens with two attached hydrogens (primary N) is 1. The Morgan fingerprint density at radius 1 is 1.27 bits per heavy atom. The van der Waals surface area contributed by atoms with E-state index in [2.05, 4.69) is 42.6 Å². The van der Waals surface area contributed by atoms with Crippen molar-refractivity contribution in [1.29, 1.82) is 0 Å². The molecule has 82 valence electrons. The average Bonchev–Trinajstić information content (AvgIpc) is 2.74. The molecule has 15 heavy (non-hydrogen) atoms. The van der Waals surface area contributed by atoms with Crippen molar-refractivity contribution in [2.75, 3.05) is 5.73 Å². The standard InChI is InChI=1S/C11H18N4/c1-6(2)8-13-9(15-10(12)14-8)7-5-11(7,3)4/h6-7H,5H2,1-4H3,(H2,12,13,14,15). The van der Waals surface area contributed by atoms with E-state index in [9.17, 15) is 0 Å². The highest BCUT2D eigenvalue weighted by Crippen LogP contribution is 2.57. The van der Waals surface area contributed by atoms with Gasteiger partial charge in [0.2, 0.25) is 5.95 Å². The summed E-state index contributed by atoms with van der Waals surface area (Å²) in [5, 5.41) is 0. The fourth-order valence-electron chi connectivity index (χ4n) is 1.75. The summed E-state index contributed by atoms with van der Waals surface area (Å²) < 4.78 is 0. The van der Waals surface area contributed by atoms with Crippen LogP contribution in [0.4, 0.5) is 5.95 Å². The van der Waals surface area contributed by atoms with E-state index in [1.165, 1.54) is 0 Å². The second-order valence-corrected chi connectivity index (χ2v) is 5.31. The molecule has 1 aromatic heterocycles. The number of nitrogen functional groups attached to an aromatic ring is 1. The molecule has 1 fully saturated rings. The van der Waals surface area contributed by atoms with Crippen LogP contribution in [0.25, 0.3) is 0 Å². The zero-order chi connectivity index (χ0) is 11.2. The lowest BCUT2D eigenvalue weighted by Gasteiger charge is -2.07. The van der Waals surface area contributed by atoms with E-state index in [1.54, 1.807) is 0 Å². The van der Waals surface area contributed by atoms with E-state index < -0.39 is 0 Å². The van der Waals surface area contributed by atoms with Crippen LogP contribution < -0.4 is 5.73 Å². The first-order valence-electron chi connectivity index (χ1n) is 5.41. The fraction of sp³-hybridized carbons (Fsp3) is 0.727. The van der Waals surface area contributed by atoms with Crippen LogP contribution in [0.3, 0.4) is 0 Å². The Morgan fingerprint density at radius 3 is 2.33 bits per heavy atom. The summed E-state index contributed by atoms with van der Waals surface area (Å²) in [7, 11) is 0. The molecular formula is C11H18N4. The Balaban J connectivity index is 2.33. The monoisotopic (exact) mass is 206 g/mol. The quantitative estimate of drug-likeness (QED) is 0.804. The molecule has 1 unspecified atom stereocenters. The van der Waals surface area contributed by atoms with Crippen LogP contribution in [0.1, 0.15) is 57.6 Å². The van der Waals surface area contributed by atoms with Gasteiger partial charge >= 0.3 is 0 Å². The van der Waals surface area contributed by atoms with E-state index in [1.807, 2.05) is 0 Å². The van der Waals surface area contributed by atoms with Crippen LogP contribution in [-0.4, -0.2) is 15.0 Å². The molecule has 1 atom stereocenters. The molecule has 1 saturated carbocycles. The summed E-state index contributed by atoms with van der Waals surface area (Å²) in [6, 6.07) is 0. The highest BCUT2D eigenvalue weighted by atomic mass is 15.1. The van der Waals surface area contributed by atoms with Gasteiger partial charge in [-0.3, -0.25) is 0 Å². The molecule has 0 saturated heterocycles. The van der Waals surface area contributed by atoms with Gasteiger partial charge in [-0.2, -0.15) is 9.97 Å². The summed E-state index contributed by atoms with van der Waals surface area (Å²) in [6.07, 6.45) is 1.15. The molecule has 1 aromatic rings. The lowest BCUT2D eigenvalue weighted by molar-refractivity contribution is 0.601. The Hall–Kier alpha value is -1.19. The maximum atomic E-state index is 5.69. The van der Waals surface area contributed by atoms with Crippen molar-refractivity contribution in [1.82, 2.24) is 15.0 Å². The third kappa shape index (κ3) is 1.94. The third-order valence-corrected chi connectivity index (χ3v) is 3.03. The normalized spacial score (nSPS) is 23.1. The van der Waals surface area contributed by atoms with Gasteiger partial charge in [-0.15, -0.1) is 0 Å². The maximum absolute atomic E-state index is 5.69. The molecule has 2 rings (SSSR count). The summed E-state index contributed by atoms with van der Waals surface area (Å²) in [6.45, 7) is 8.59. The highest BCUT2D eigenvalue weighted by molar-refractivity contribution is 5.23. The van der Waals surface area contributed by atoms with Crippen molar-refractivity contribution in [3.05, 3.63) is 11.6 Å². The van der Waals surface area contributed by atoms with E-state index in [0.717, 1.165) is 18.1 Å². The average molecular weight is 206 g/mol. The molecule has 0 bridgehead atoms. The second-order valence-electron chi connectivity index (χ2n) is 5.31. The Kier molecular flexibility index (Phi) is 2.17. The Morgan fingerprint density at radius 2 is 1.87 bits per heavy atom. The lowest BCUT2D eigenvalue weighted by Crippen LogP contribution is -2.09. The zero-order valence-electron chi connectivity index (χ0n) is 9.78. The number of rotatable bonds is 2. The lowest BCUT2D eigenvalue weighted by atomic mass is 10.1. The van der Waals surface area contributed by atoms with Crippen LogP contribution in [0.2, 0.25) is 0 Å². The molecule has 0 spiro atoms. The summed E-state index contributed by atoms with van der Waals surface area (Å²) >= 11 is 0. The van der Waals surface area contributed by atoms with Gasteiger partial charge in [0.25, 0.3) is 0 Å². The van der Waals surface area contributed by atoms with Gasteiger partial charge in [0.15, 0.2) is 0 Å². The minimum atomic E-state index is 0.302. The predicted octanol–water partition coefficient (Wildman–Crippen LogP) is 2.09. The number of anilines is 1. The van der Waals surface area contributed by atoms with Crippen LogP contribution in [-0.2, 0) is 0 Å². The number of nitrogens with zero attached hydrogens (tertiary/aromatic N) is 3.